The van der Waals surface area contributed by atoms with Gasteiger partial charge in [0, 0.05) is 18.7 Å². The molecule has 2 rings (SSSR count). The first-order valence-electron chi connectivity index (χ1n) is 7.26. The Balaban J connectivity index is 2.10. The summed E-state index contributed by atoms with van der Waals surface area (Å²) in [5.74, 6) is -0.168. The molecule has 0 saturated heterocycles. The zero-order valence-electron chi connectivity index (χ0n) is 12.5. The Labute approximate surface area is 125 Å². The normalized spacial score (nSPS) is 10.4. The van der Waals surface area contributed by atoms with Gasteiger partial charge in [-0.15, -0.1) is 0 Å². The molecule has 2 aromatic carbocycles. The number of carbonyl (C=O) groups excluding carboxylic acids is 1. The molecule has 0 aliphatic heterocycles. The van der Waals surface area contributed by atoms with E-state index < -0.39 is 0 Å². The third-order valence-corrected chi connectivity index (χ3v) is 3.55. The molecule has 0 radical (unpaired) electrons. The summed E-state index contributed by atoms with van der Waals surface area (Å²) in [4.78, 5) is 14.0. The zero-order chi connectivity index (χ0) is 15.2. The maximum absolute atomic E-state index is 13.2. The standard InChI is InChI=1S/C18H20FNO/c1-3-20(4-2)18(21)16-10-8-14(9-11-16)12-15-6-5-7-17(19)13-15/h5-11,13H,3-4,12H2,1-2H3. The summed E-state index contributed by atoms with van der Waals surface area (Å²) >= 11 is 0. The molecule has 2 nitrogen and oxygen atoms in total. The minimum absolute atomic E-state index is 0.0531. The molecule has 0 aliphatic rings. The van der Waals surface area contributed by atoms with Gasteiger partial charge in [-0.1, -0.05) is 24.3 Å². The van der Waals surface area contributed by atoms with Crippen LogP contribution in [0, 0.1) is 5.82 Å². The molecule has 1 amide bonds. The summed E-state index contributed by atoms with van der Waals surface area (Å²) in [6, 6.07) is 14.1. The molecule has 21 heavy (non-hydrogen) atoms. The average Bonchev–Trinajstić information content (AvgIpc) is 2.49. The Morgan fingerprint density at radius 2 is 1.67 bits per heavy atom. The van der Waals surface area contributed by atoms with Crippen molar-refractivity contribution < 1.29 is 9.18 Å². The van der Waals surface area contributed by atoms with E-state index in [4.69, 9.17) is 0 Å². The number of carbonyl (C=O) groups is 1. The molecule has 0 atom stereocenters. The van der Waals surface area contributed by atoms with Crippen LogP contribution in [0.2, 0.25) is 0 Å². The lowest BCUT2D eigenvalue weighted by atomic mass is 10.0. The van der Waals surface area contributed by atoms with Crippen LogP contribution in [0.25, 0.3) is 0 Å². The molecule has 0 aliphatic carbocycles. The molecular formula is C18H20FNO. The molecule has 3 heteroatoms. The minimum atomic E-state index is -0.221. The van der Waals surface area contributed by atoms with Crippen LogP contribution in [0.5, 0.6) is 0 Å². The maximum Gasteiger partial charge on any atom is 0.253 e. The second-order valence-corrected chi connectivity index (χ2v) is 4.98. The van der Waals surface area contributed by atoms with Crippen molar-refractivity contribution in [3.63, 3.8) is 0 Å². The van der Waals surface area contributed by atoms with Crippen molar-refractivity contribution in [3.05, 3.63) is 71.0 Å². The summed E-state index contributed by atoms with van der Waals surface area (Å²) in [6.45, 7) is 5.36. The molecule has 0 spiro atoms. The Morgan fingerprint density at radius 3 is 2.24 bits per heavy atom. The van der Waals surface area contributed by atoms with Gasteiger partial charge < -0.3 is 4.90 Å². The van der Waals surface area contributed by atoms with E-state index >= 15 is 0 Å². The predicted molar refractivity (Wildman–Crippen MR) is 82.9 cm³/mol. The number of nitrogens with zero attached hydrogens (tertiary/aromatic N) is 1. The van der Waals surface area contributed by atoms with E-state index in [0.717, 1.165) is 11.1 Å². The molecule has 0 saturated carbocycles. The first-order chi connectivity index (χ1) is 10.1. The number of benzene rings is 2. The monoisotopic (exact) mass is 285 g/mol. The van der Waals surface area contributed by atoms with Gasteiger partial charge >= 0.3 is 0 Å². The topological polar surface area (TPSA) is 20.3 Å². The van der Waals surface area contributed by atoms with E-state index in [9.17, 15) is 9.18 Å². The molecular weight excluding hydrogens is 265 g/mol. The Kier molecular flexibility index (Phi) is 5.09. The fraction of sp³-hybridized carbons (Fsp3) is 0.278. The van der Waals surface area contributed by atoms with Crippen LogP contribution < -0.4 is 0 Å². The van der Waals surface area contributed by atoms with Crippen molar-refractivity contribution in [2.75, 3.05) is 13.1 Å². The Hall–Kier alpha value is -2.16. The number of amides is 1. The molecule has 0 bridgehead atoms. The highest BCUT2D eigenvalue weighted by Crippen LogP contribution is 2.13. The highest BCUT2D eigenvalue weighted by molar-refractivity contribution is 5.94. The van der Waals surface area contributed by atoms with Crippen molar-refractivity contribution in [1.29, 1.82) is 0 Å². The number of halogens is 1. The molecule has 0 heterocycles. The van der Waals surface area contributed by atoms with E-state index in [1.165, 1.54) is 12.1 Å². The summed E-state index contributed by atoms with van der Waals surface area (Å²) in [7, 11) is 0. The van der Waals surface area contributed by atoms with Crippen LogP contribution in [0.4, 0.5) is 4.39 Å². The molecule has 0 fully saturated rings. The van der Waals surface area contributed by atoms with Gasteiger partial charge in [-0.25, -0.2) is 4.39 Å². The predicted octanol–water partition coefficient (Wildman–Crippen LogP) is 3.90. The molecule has 0 unspecified atom stereocenters. The molecule has 110 valence electrons. The van der Waals surface area contributed by atoms with Gasteiger partial charge in [-0.2, -0.15) is 0 Å². The van der Waals surface area contributed by atoms with Crippen LogP contribution in [-0.4, -0.2) is 23.9 Å². The SMILES string of the molecule is CCN(CC)C(=O)c1ccc(Cc2cccc(F)c2)cc1. The third-order valence-electron chi connectivity index (χ3n) is 3.55. The lowest BCUT2D eigenvalue weighted by Crippen LogP contribution is -2.30. The highest BCUT2D eigenvalue weighted by atomic mass is 19.1. The second kappa shape index (κ2) is 7.02. The highest BCUT2D eigenvalue weighted by Gasteiger charge is 2.11. The van der Waals surface area contributed by atoms with Crippen LogP contribution in [0.1, 0.15) is 35.3 Å². The minimum Gasteiger partial charge on any atom is -0.339 e. The van der Waals surface area contributed by atoms with Gasteiger partial charge in [0.05, 0.1) is 0 Å². The van der Waals surface area contributed by atoms with Crippen LogP contribution in [-0.2, 0) is 6.42 Å². The average molecular weight is 285 g/mol. The summed E-state index contributed by atoms with van der Waals surface area (Å²) in [5.41, 5.74) is 2.69. The van der Waals surface area contributed by atoms with Gasteiger partial charge in [0.15, 0.2) is 0 Å². The fourth-order valence-electron chi connectivity index (χ4n) is 2.34. The zero-order valence-corrected chi connectivity index (χ0v) is 12.5. The Morgan fingerprint density at radius 1 is 1.00 bits per heavy atom. The lowest BCUT2D eigenvalue weighted by molar-refractivity contribution is 0.0773. The van der Waals surface area contributed by atoms with Gasteiger partial charge in [-0.3, -0.25) is 4.79 Å². The van der Waals surface area contributed by atoms with Crippen molar-refractivity contribution in [2.24, 2.45) is 0 Å². The maximum atomic E-state index is 13.2. The lowest BCUT2D eigenvalue weighted by Gasteiger charge is -2.18. The van der Waals surface area contributed by atoms with Crippen molar-refractivity contribution in [3.8, 4) is 0 Å². The number of hydrogen-bond donors (Lipinski definition) is 0. The van der Waals surface area contributed by atoms with Crippen molar-refractivity contribution >= 4 is 5.91 Å². The van der Waals surface area contributed by atoms with Gasteiger partial charge in [-0.05, 0) is 55.7 Å². The van der Waals surface area contributed by atoms with E-state index in [1.807, 2.05) is 44.2 Å². The van der Waals surface area contributed by atoms with Crippen LogP contribution in [0.15, 0.2) is 48.5 Å². The van der Waals surface area contributed by atoms with Gasteiger partial charge in [0.2, 0.25) is 0 Å². The van der Waals surface area contributed by atoms with Crippen molar-refractivity contribution in [1.82, 2.24) is 4.90 Å². The first-order valence-corrected chi connectivity index (χ1v) is 7.26. The Bertz CT molecular complexity index is 603. The third kappa shape index (κ3) is 3.91. The quantitative estimate of drug-likeness (QED) is 0.816. The van der Waals surface area contributed by atoms with E-state index in [0.29, 0.717) is 25.1 Å². The summed E-state index contributed by atoms with van der Waals surface area (Å²) < 4.78 is 13.2. The van der Waals surface area contributed by atoms with Gasteiger partial charge in [0.25, 0.3) is 5.91 Å². The van der Waals surface area contributed by atoms with E-state index in [1.54, 1.807) is 11.0 Å². The summed E-state index contributed by atoms with van der Waals surface area (Å²) in [5, 5.41) is 0. The smallest absolute Gasteiger partial charge is 0.253 e. The van der Waals surface area contributed by atoms with E-state index in [-0.39, 0.29) is 11.7 Å². The van der Waals surface area contributed by atoms with Crippen LogP contribution in [0.3, 0.4) is 0 Å². The first kappa shape index (κ1) is 15.2. The van der Waals surface area contributed by atoms with Gasteiger partial charge in [0.1, 0.15) is 5.82 Å². The number of rotatable bonds is 5. The molecule has 2 aromatic rings. The molecule has 0 aromatic heterocycles. The van der Waals surface area contributed by atoms with Crippen molar-refractivity contribution in [2.45, 2.75) is 20.3 Å². The number of hydrogen-bond acceptors (Lipinski definition) is 1. The fourth-order valence-corrected chi connectivity index (χ4v) is 2.34. The second-order valence-electron chi connectivity index (χ2n) is 4.98. The largest absolute Gasteiger partial charge is 0.339 e. The summed E-state index contributed by atoms with van der Waals surface area (Å²) in [6.07, 6.45) is 0.664. The molecule has 0 N–H and O–H groups in total. The van der Waals surface area contributed by atoms with Crippen LogP contribution >= 0.6 is 0 Å². The van der Waals surface area contributed by atoms with E-state index in [2.05, 4.69) is 0 Å².